The number of carbonyl (C=O) groups excluding carboxylic acids is 1. The summed E-state index contributed by atoms with van der Waals surface area (Å²) in [5.41, 5.74) is 3.20. The number of pyridine rings is 1. The van der Waals surface area contributed by atoms with Gasteiger partial charge in [-0.1, -0.05) is 53.2 Å². The number of fused-ring (bicyclic) bond motifs is 1. The summed E-state index contributed by atoms with van der Waals surface area (Å²) in [6, 6.07) is 22.6. The zero-order chi connectivity index (χ0) is 21.9. The molecule has 1 N–H and O–H groups in total. The minimum Gasteiger partial charge on any atom is -0.339 e. The van der Waals surface area contributed by atoms with Crippen LogP contribution in [0.3, 0.4) is 0 Å². The van der Waals surface area contributed by atoms with Crippen molar-refractivity contribution in [1.29, 1.82) is 0 Å². The Morgan fingerprint density at radius 2 is 1.72 bits per heavy atom. The predicted molar refractivity (Wildman–Crippen MR) is 122 cm³/mol. The molecule has 0 bridgehead atoms. The number of anilines is 1. The van der Waals surface area contributed by atoms with Crippen LogP contribution in [0.15, 0.2) is 83.5 Å². The first-order chi connectivity index (χ1) is 15.7. The van der Waals surface area contributed by atoms with E-state index in [0.29, 0.717) is 34.7 Å². The van der Waals surface area contributed by atoms with Crippen LogP contribution in [0.25, 0.3) is 28.3 Å². The molecule has 5 aromatic rings. The highest BCUT2D eigenvalue weighted by Crippen LogP contribution is 2.28. The maximum atomic E-state index is 12.8. The number of aromatic nitrogens is 4. The molecule has 0 fully saturated rings. The van der Waals surface area contributed by atoms with Gasteiger partial charge < -0.3 is 9.84 Å². The molecule has 5 rings (SSSR count). The number of hydrogen-bond acceptors (Lipinski definition) is 5. The fourth-order valence-corrected chi connectivity index (χ4v) is 3.53. The minimum atomic E-state index is -0.168. The second-order valence-corrected chi connectivity index (χ2v) is 7.61. The number of benzene rings is 2. The topological polar surface area (TPSA) is 85.3 Å². The average Bonchev–Trinajstić information content (AvgIpc) is 3.44. The number of halogens is 1. The number of imidazole rings is 1. The summed E-state index contributed by atoms with van der Waals surface area (Å²) in [4.78, 5) is 21.8. The largest absolute Gasteiger partial charge is 0.339 e. The molecule has 0 spiro atoms. The Balaban J connectivity index is 1.32. The monoisotopic (exact) mass is 443 g/mol. The fourth-order valence-electron chi connectivity index (χ4n) is 3.40. The Kier molecular flexibility index (Phi) is 5.39. The van der Waals surface area contributed by atoms with Gasteiger partial charge in [0.05, 0.1) is 0 Å². The van der Waals surface area contributed by atoms with Gasteiger partial charge in [0, 0.05) is 35.2 Å². The molecular formula is C24H18ClN5O2. The van der Waals surface area contributed by atoms with E-state index >= 15 is 0 Å². The van der Waals surface area contributed by atoms with Crippen LogP contribution in [0.4, 0.5) is 5.82 Å². The van der Waals surface area contributed by atoms with Gasteiger partial charge in [-0.2, -0.15) is 4.98 Å². The van der Waals surface area contributed by atoms with Crippen molar-refractivity contribution in [2.75, 3.05) is 5.32 Å². The molecule has 0 radical (unpaired) electrons. The highest BCUT2D eigenvalue weighted by atomic mass is 35.5. The summed E-state index contributed by atoms with van der Waals surface area (Å²) in [5, 5.41) is 7.63. The SMILES string of the molecule is O=C(CCc1nc(-c2ccc(Cl)cc2)no1)Nc1c(-c2ccccc2)nc2ccccn12. The lowest BCUT2D eigenvalue weighted by atomic mass is 10.1. The normalized spacial score (nSPS) is 11.0. The molecule has 0 aliphatic rings. The number of carbonyl (C=O) groups is 1. The summed E-state index contributed by atoms with van der Waals surface area (Å²) in [5.74, 6) is 1.32. The van der Waals surface area contributed by atoms with Crippen LogP contribution in [0.5, 0.6) is 0 Å². The molecule has 0 saturated carbocycles. The zero-order valence-corrected chi connectivity index (χ0v) is 17.7. The van der Waals surface area contributed by atoms with Crippen LogP contribution in [0.2, 0.25) is 5.02 Å². The summed E-state index contributed by atoms with van der Waals surface area (Å²) >= 11 is 5.92. The van der Waals surface area contributed by atoms with E-state index < -0.39 is 0 Å². The summed E-state index contributed by atoms with van der Waals surface area (Å²) in [6.07, 6.45) is 2.39. The van der Waals surface area contributed by atoms with Crippen molar-refractivity contribution >= 4 is 29.0 Å². The van der Waals surface area contributed by atoms with E-state index in [-0.39, 0.29) is 12.3 Å². The quantitative estimate of drug-likeness (QED) is 0.386. The molecule has 7 nitrogen and oxygen atoms in total. The second-order valence-electron chi connectivity index (χ2n) is 7.17. The maximum absolute atomic E-state index is 12.8. The molecule has 0 saturated heterocycles. The van der Waals surface area contributed by atoms with Gasteiger partial charge in [0.2, 0.25) is 17.6 Å². The summed E-state index contributed by atoms with van der Waals surface area (Å²) in [7, 11) is 0. The number of nitrogens with zero attached hydrogens (tertiary/aromatic N) is 4. The maximum Gasteiger partial charge on any atom is 0.227 e. The van der Waals surface area contributed by atoms with E-state index in [1.165, 1.54) is 0 Å². The number of amides is 1. The van der Waals surface area contributed by atoms with E-state index in [4.69, 9.17) is 21.1 Å². The van der Waals surface area contributed by atoms with Crippen LogP contribution < -0.4 is 5.32 Å². The van der Waals surface area contributed by atoms with Gasteiger partial charge in [-0.25, -0.2) is 4.98 Å². The van der Waals surface area contributed by atoms with Crippen molar-refractivity contribution < 1.29 is 9.32 Å². The smallest absolute Gasteiger partial charge is 0.227 e. The summed E-state index contributed by atoms with van der Waals surface area (Å²) < 4.78 is 7.17. The molecule has 2 aromatic carbocycles. The molecule has 8 heteroatoms. The van der Waals surface area contributed by atoms with Crippen LogP contribution in [-0.2, 0) is 11.2 Å². The highest BCUT2D eigenvalue weighted by molar-refractivity contribution is 6.30. The first-order valence-electron chi connectivity index (χ1n) is 10.1. The number of aryl methyl sites for hydroxylation is 1. The van der Waals surface area contributed by atoms with Crippen molar-refractivity contribution in [3.63, 3.8) is 0 Å². The Morgan fingerprint density at radius 3 is 2.53 bits per heavy atom. The van der Waals surface area contributed by atoms with Gasteiger partial charge >= 0.3 is 0 Å². The van der Waals surface area contributed by atoms with E-state index in [1.807, 2.05) is 71.3 Å². The van der Waals surface area contributed by atoms with Gasteiger partial charge in [0.15, 0.2) is 0 Å². The Morgan fingerprint density at radius 1 is 0.938 bits per heavy atom. The lowest BCUT2D eigenvalue weighted by Crippen LogP contribution is -2.14. The molecule has 0 atom stereocenters. The van der Waals surface area contributed by atoms with Crippen molar-refractivity contribution in [2.45, 2.75) is 12.8 Å². The fraction of sp³-hybridized carbons (Fsp3) is 0.0833. The van der Waals surface area contributed by atoms with Crippen LogP contribution in [0, 0.1) is 0 Å². The first-order valence-corrected chi connectivity index (χ1v) is 10.5. The van der Waals surface area contributed by atoms with Gasteiger partial charge in [0.1, 0.15) is 17.2 Å². The van der Waals surface area contributed by atoms with E-state index in [0.717, 1.165) is 16.8 Å². The van der Waals surface area contributed by atoms with E-state index in [9.17, 15) is 4.79 Å². The zero-order valence-electron chi connectivity index (χ0n) is 16.9. The van der Waals surface area contributed by atoms with Crippen LogP contribution in [0.1, 0.15) is 12.3 Å². The van der Waals surface area contributed by atoms with Crippen molar-refractivity contribution in [2.24, 2.45) is 0 Å². The molecular weight excluding hydrogens is 426 g/mol. The molecule has 158 valence electrons. The molecule has 0 aliphatic heterocycles. The second kappa shape index (κ2) is 8.64. The summed E-state index contributed by atoms with van der Waals surface area (Å²) in [6.45, 7) is 0. The van der Waals surface area contributed by atoms with Crippen LogP contribution >= 0.6 is 11.6 Å². The minimum absolute atomic E-state index is 0.168. The highest BCUT2D eigenvalue weighted by Gasteiger charge is 2.17. The Bertz CT molecular complexity index is 1380. The molecule has 3 heterocycles. The van der Waals surface area contributed by atoms with Crippen molar-refractivity contribution in [3.05, 3.63) is 89.9 Å². The lowest BCUT2D eigenvalue weighted by Gasteiger charge is -2.07. The van der Waals surface area contributed by atoms with Gasteiger partial charge in [0.25, 0.3) is 0 Å². The molecule has 0 unspecified atom stereocenters. The van der Waals surface area contributed by atoms with Gasteiger partial charge in [-0.3, -0.25) is 9.20 Å². The molecule has 32 heavy (non-hydrogen) atoms. The Hall–Kier alpha value is -3.97. The van der Waals surface area contributed by atoms with Gasteiger partial charge in [-0.15, -0.1) is 0 Å². The molecule has 3 aromatic heterocycles. The standard InChI is InChI=1S/C24H18ClN5O2/c25-18-11-9-17(10-12-18)23-28-21(32-29-23)14-13-20(31)27-24-22(16-6-2-1-3-7-16)26-19-8-4-5-15-30(19)24/h1-12,15H,13-14H2,(H,27,31). The average molecular weight is 444 g/mol. The third-order valence-electron chi connectivity index (χ3n) is 4.97. The number of rotatable bonds is 6. The molecule has 0 aliphatic carbocycles. The van der Waals surface area contributed by atoms with Crippen molar-refractivity contribution in [1.82, 2.24) is 19.5 Å². The molecule has 1 amide bonds. The third-order valence-corrected chi connectivity index (χ3v) is 5.22. The van der Waals surface area contributed by atoms with Crippen molar-refractivity contribution in [3.8, 4) is 22.6 Å². The van der Waals surface area contributed by atoms with Crippen LogP contribution in [-0.4, -0.2) is 25.4 Å². The number of nitrogens with one attached hydrogen (secondary N) is 1. The first kappa shape index (κ1) is 20.0. The number of hydrogen-bond donors (Lipinski definition) is 1. The lowest BCUT2D eigenvalue weighted by molar-refractivity contribution is -0.116. The van der Waals surface area contributed by atoms with E-state index in [1.54, 1.807) is 12.1 Å². The third kappa shape index (κ3) is 4.10. The van der Waals surface area contributed by atoms with E-state index in [2.05, 4.69) is 15.5 Å². The Labute approximate surface area is 188 Å². The van der Waals surface area contributed by atoms with Gasteiger partial charge in [-0.05, 0) is 36.4 Å². The predicted octanol–water partition coefficient (Wildman–Crippen LogP) is 5.28.